The van der Waals surface area contributed by atoms with Crippen molar-refractivity contribution >= 4 is 23.5 Å². The van der Waals surface area contributed by atoms with Crippen molar-refractivity contribution in [3.8, 4) is 0 Å². The lowest BCUT2D eigenvalue weighted by molar-refractivity contribution is -0.153. The molecular formula is C24H30N2O4. The smallest absolute Gasteiger partial charge is 0.308 e. The van der Waals surface area contributed by atoms with Gasteiger partial charge in [0.1, 0.15) is 0 Å². The van der Waals surface area contributed by atoms with Crippen molar-refractivity contribution in [1.82, 2.24) is 5.32 Å². The monoisotopic (exact) mass is 410 g/mol. The maximum Gasteiger partial charge on any atom is 0.308 e. The van der Waals surface area contributed by atoms with Crippen molar-refractivity contribution in [3.63, 3.8) is 0 Å². The summed E-state index contributed by atoms with van der Waals surface area (Å²) >= 11 is 0. The van der Waals surface area contributed by atoms with Crippen molar-refractivity contribution in [1.29, 1.82) is 0 Å². The molecule has 0 fully saturated rings. The van der Waals surface area contributed by atoms with Gasteiger partial charge in [0.05, 0.1) is 6.42 Å². The fourth-order valence-corrected chi connectivity index (χ4v) is 2.99. The zero-order valence-electron chi connectivity index (χ0n) is 18.0. The van der Waals surface area contributed by atoms with Crippen LogP contribution in [0.15, 0.2) is 54.6 Å². The van der Waals surface area contributed by atoms with E-state index in [2.05, 4.69) is 24.5 Å². The number of nitrogens with one attached hydrogen (secondary N) is 2. The number of carbonyl (C=O) groups excluding carboxylic acids is 3. The summed E-state index contributed by atoms with van der Waals surface area (Å²) in [7, 11) is 0. The standard InChI is InChI=1S/C24H30N2O4/c1-5-16(2)20-13-9-10-14-21(20)26-23(28)18(4)30-22(27)15-17(3)25-24(29)19-11-7-6-8-12-19/h6-14,16-18H,5,15H2,1-4H3,(H,25,29)(H,26,28). The summed E-state index contributed by atoms with van der Waals surface area (Å²) in [4.78, 5) is 36.9. The Morgan fingerprint density at radius 2 is 1.57 bits per heavy atom. The molecule has 2 amide bonds. The molecule has 2 rings (SSSR count). The zero-order valence-corrected chi connectivity index (χ0v) is 18.0. The van der Waals surface area contributed by atoms with E-state index < -0.39 is 18.1 Å². The Morgan fingerprint density at radius 1 is 0.933 bits per heavy atom. The second kappa shape index (κ2) is 11.1. The number of carbonyl (C=O) groups is 3. The second-order valence-corrected chi connectivity index (χ2v) is 7.46. The minimum atomic E-state index is -0.945. The van der Waals surface area contributed by atoms with Crippen molar-refractivity contribution in [3.05, 3.63) is 65.7 Å². The van der Waals surface area contributed by atoms with Crippen LogP contribution in [0, 0.1) is 0 Å². The van der Waals surface area contributed by atoms with Crippen LogP contribution in [0.25, 0.3) is 0 Å². The minimum absolute atomic E-state index is 0.0281. The summed E-state index contributed by atoms with van der Waals surface area (Å²) < 4.78 is 5.27. The number of hydrogen-bond donors (Lipinski definition) is 2. The van der Waals surface area contributed by atoms with E-state index >= 15 is 0 Å². The minimum Gasteiger partial charge on any atom is -0.452 e. The van der Waals surface area contributed by atoms with Crippen molar-refractivity contribution in [2.24, 2.45) is 0 Å². The molecular weight excluding hydrogens is 380 g/mol. The average molecular weight is 411 g/mol. The van der Waals surface area contributed by atoms with Crippen LogP contribution in [0.3, 0.4) is 0 Å². The lowest BCUT2D eigenvalue weighted by Gasteiger charge is -2.19. The van der Waals surface area contributed by atoms with E-state index in [1.54, 1.807) is 31.2 Å². The number of amides is 2. The number of ether oxygens (including phenoxy) is 1. The van der Waals surface area contributed by atoms with Crippen LogP contribution >= 0.6 is 0 Å². The molecule has 0 aliphatic carbocycles. The normalized spacial score (nSPS) is 13.6. The first-order chi connectivity index (χ1) is 14.3. The number of anilines is 1. The molecule has 160 valence electrons. The van der Waals surface area contributed by atoms with E-state index in [4.69, 9.17) is 4.74 Å². The molecule has 0 aliphatic heterocycles. The van der Waals surface area contributed by atoms with Gasteiger partial charge in [-0.2, -0.15) is 0 Å². The van der Waals surface area contributed by atoms with E-state index in [-0.39, 0.29) is 18.2 Å². The number of benzene rings is 2. The van der Waals surface area contributed by atoms with Gasteiger partial charge in [-0.15, -0.1) is 0 Å². The van der Waals surface area contributed by atoms with Crippen molar-refractivity contribution < 1.29 is 19.1 Å². The van der Waals surface area contributed by atoms with Gasteiger partial charge in [-0.1, -0.05) is 50.2 Å². The molecule has 2 aromatic carbocycles. The van der Waals surface area contributed by atoms with Gasteiger partial charge in [-0.3, -0.25) is 14.4 Å². The maximum absolute atomic E-state index is 12.5. The molecule has 0 aromatic heterocycles. The summed E-state index contributed by atoms with van der Waals surface area (Å²) in [6.45, 7) is 7.44. The fourth-order valence-electron chi connectivity index (χ4n) is 2.99. The highest BCUT2D eigenvalue weighted by atomic mass is 16.5. The molecule has 0 spiro atoms. The maximum atomic E-state index is 12.5. The Balaban J connectivity index is 1.86. The van der Waals surface area contributed by atoms with E-state index in [0.717, 1.165) is 17.7 Å². The molecule has 2 aromatic rings. The number of para-hydroxylation sites is 1. The van der Waals surface area contributed by atoms with Gasteiger partial charge in [0.25, 0.3) is 11.8 Å². The molecule has 0 bridgehead atoms. The van der Waals surface area contributed by atoms with Crippen LogP contribution in [0.1, 0.15) is 62.4 Å². The van der Waals surface area contributed by atoms with Crippen molar-refractivity contribution in [2.45, 2.75) is 58.6 Å². The van der Waals surface area contributed by atoms with Crippen LogP contribution in [-0.4, -0.2) is 29.9 Å². The highest BCUT2D eigenvalue weighted by Crippen LogP contribution is 2.26. The first-order valence-electron chi connectivity index (χ1n) is 10.3. The van der Waals surface area contributed by atoms with Gasteiger partial charge < -0.3 is 15.4 Å². The Labute approximate surface area is 178 Å². The lowest BCUT2D eigenvalue weighted by Crippen LogP contribution is -2.36. The zero-order chi connectivity index (χ0) is 22.1. The van der Waals surface area contributed by atoms with Crippen LogP contribution < -0.4 is 10.6 Å². The quantitative estimate of drug-likeness (QED) is 0.605. The Kier molecular flexibility index (Phi) is 8.59. The van der Waals surface area contributed by atoms with Gasteiger partial charge in [0, 0.05) is 17.3 Å². The topological polar surface area (TPSA) is 84.5 Å². The number of esters is 1. The Hall–Kier alpha value is -3.15. The number of hydrogen-bond acceptors (Lipinski definition) is 4. The molecule has 30 heavy (non-hydrogen) atoms. The first kappa shape index (κ1) is 23.1. The highest BCUT2D eigenvalue weighted by molar-refractivity contribution is 5.96. The molecule has 0 aliphatic rings. The third-order valence-corrected chi connectivity index (χ3v) is 4.93. The molecule has 0 saturated carbocycles. The number of rotatable bonds is 9. The van der Waals surface area contributed by atoms with Gasteiger partial charge in [-0.25, -0.2) is 0 Å². The van der Waals surface area contributed by atoms with Crippen LogP contribution in [0.2, 0.25) is 0 Å². The third kappa shape index (κ3) is 6.72. The second-order valence-electron chi connectivity index (χ2n) is 7.46. The molecule has 2 N–H and O–H groups in total. The average Bonchev–Trinajstić information content (AvgIpc) is 2.73. The molecule has 0 saturated heterocycles. The van der Waals surface area contributed by atoms with Crippen LogP contribution in [0.4, 0.5) is 5.69 Å². The predicted molar refractivity (Wildman–Crippen MR) is 117 cm³/mol. The largest absolute Gasteiger partial charge is 0.452 e. The van der Waals surface area contributed by atoms with E-state index in [9.17, 15) is 14.4 Å². The molecule has 3 atom stereocenters. The van der Waals surface area contributed by atoms with Gasteiger partial charge in [0.15, 0.2) is 6.10 Å². The Bertz CT molecular complexity index is 867. The van der Waals surface area contributed by atoms with Gasteiger partial charge >= 0.3 is 5.97 Å². The molecule has 0 heterocycles. The molecule has 0 radical (unpaired) electrons. The van der Waals surface area contributed by atoms with E-state index in [1.807, 2.05) is 30.3 Å². The predicted octanol–water partition coefficient (Wildman–Crippen LogP) is 4.28. The summed E-state index contributed by atoms with van der Waals surface area (Å²) in [5.74, 6) is -0.898. The van der Waals surface area contributed by atoms with Crippen molar-refractivity contribution in [2.75, 3.05) is 5.32 Å². The van der Waals surface area contributed by atoms with Gasteiger partial charge in [0.2, 0.25) is 0 Å². The fraction of sp³-hybridized carbons (Fsp3) is 0.375. The molecule has 6 heteroatoms. The van der Waals surface area contributed by atoms with Crippen LogP contribution in [0.5, 0.6) is 0 Å². The van der Waals surface area contributed by atoms with Crippen LogP contribution in [-0.2, 0) is 14.3 Å². The summed E-state index contributed by atoms with van der Waals surface area (Å²) in [5.41, 5.74) is 2.29. The first-order valence-corrected chi connectivity index (χ1v) is 10.3. The third-order valence-electron chi connectivity index (χ3n) is 4.93. The summed E-state index contributed by atoms with van der Waals surface area (Å²) in [5, 5.41) is 5.61. The van der Waals surface area contributed by atoms with E-state index in [0.29, 0.717) is 11.5 Å². The molecule has 3 unspecified atom stereocenters. The Morgan fingerprint density at radius 3 is 2.23 bits per heavy atom. The SMILES string of the molecule is CCC(C)c1ccccc1NC(=O)C(C)OC(=O)CC(C)NC(=O)c1ccccc1. The summed E-state index contributed by atoms with van der Waals surface area (Å²) in [6, 6.07) is 16.0. The highest BCUT2D eigenvalue weighted by Gasteiger charge is 2.21. The van der Waals surface area contributed by atoms with Gasteiger partial charge in [-0.05, 0) is 49.9 Å². The van der Waals surface area contributed by atoms with E-state index in [1.165, 1.54) is 6.92 Å². The molecule has 6 nitrogen and oxygen atoms in total. The summed E-state index contributed by atoms with van der Waals surface area (Å²) in [6.07, 6.45) is -0.0246. The lowest BCUT2D eigenvalue weighted by atomic mass is 9.97.